The number of halogens is 1. The van der Waals surface area contributed by atoms with Gasteiger partial charge in [-0.1, -0.05) is 19.1 Å². The van der Waals surface area contributed by atoms with E-state index in [1.54, 1.807) is 28.9 Å². The maximum absolute atomic E-state index is 13.1. The van der Waals surface area contributed by atoms with Crippen LogP contribution < -0.4 is 0 Å². The fourth-order valence-electron chi connectivity index (χ4n) is 2.93. The zero-order valence-electron chi connectivity index (χ0n) is 16.3. The van der Waals surface area contributed by atoms with E-state index in [1.165, 1.54) is 16.8 Å². The third-order valence-electron chi connectivity index (χ3n) is 4.53. The smallest absolute Gasteiger partial charge is 0.409 e. The first kappa shape index (κ1) is 19.8. The highest BCUT2D eigenvalue weighted by Crippen LogP contribution is 2.16. The summed E-state index contributed by atoms with van der Waals surface area (Å²) in [6.07, 6.45) is -0.348. The van der Waals surface area contributed by atoms with Gasteiger partial charge in [-0.25, -0.2) is 13.9 Å². The Kier molecular flexibility index (Phi) is 5.91. The molecule has 1 aliphatic rings. The number of aromatic nitrogens is 3. The summed E-state index contributed by atoms with van der Waals surface area (Å²) in [7, 11) is 0. The lowest BCUT2D eigenvalue weighted by atomic mass is 10.2. The van der Waals surface area contributed by atoms with Crippen LogP contribution in [-0.4, -0.2) is 69.6 Å². The van der Waals surface area contributed by atoms with Gasteiger partial charge in [-0.3, -0.25) is 4.79 Å². The van der Waals surface area contributed by atoms with Crippen molar-refractivity contribution in [3.63, 3.8) is 0 Å². The highest BCUT2D eigenvalue weighted by atomic mass is 19.1. The van der Waals surface area contributed by atoms with Crippen LogP contribution in [0, 0.1) is 18.7 Å². The van der Waals surface area contributed by atoms with Crippen molar-refractivity contribution in [1.29, 1.82) is 0 Å². The Morgan fingerprint density at radius 1 is 1.11 bits per heavy atom. The quantitative estimate of drug-likeness (QED) is 0.801. The van der Waals surface area contributed by atoms with Crippen molar-refractivity contribution in [3.05, 3.63) is 41.5 Å². The summed E-state index contributed by atoms with van der Waals surface area (Å²) in [6, 6.07) is 5.81. The zero-order valence-corrected chi connectivity index (χ0v) is 16.3. The van der Waals surface area contributed by atoms with Gasteiger partial charge in [0.05, 0.1) is 18.0 Å². The van der Waals surface area contributed by atoms with Crippen LogP contribution in [0.5, 0.6) is 0 Å². The van der Waals surface area contributed by atoms with Crippen molar-refractivity contribution in [1.82, 2.24) is 24.8 Å². The van der Waals surface area contributed by atoms with Crippen LogP contribution in [0.2, 0.25) is 0 Å². The Hall–Kier alpha value is -2.97. The summed E-state index contributed by atoms with van der Waals surface area (Å²) < 4.78 is 19.9. The third-order valence-corrected chi connectivity index (χ3v) is 4.53. The molecule has 1 aromatic carbocycles. The van der Waals surface area contributed by atoms with Gasteiger partial charge in [0.2, 0.25) is 0 Å². The Morgan fingerprint density at radius 2 is 1.71 bits per heavy atom. The molecule has 150 valence electrons. The molecule has 1 aliphatic heterocycles. The standard InChI is InChI=1S/C19H24FN5O3/c1-13(2)12-28-19(27)24-10-8-23(9-11-24)18(26)17-14(3)25(22-21-17)16-6-4-15(20)5-7-16/h4-7,13H,8-12H2,1-3H3. The summed E-state index contributed by atoms with van der Waals surface area (Å²) in [5.41, 5.74) is 1.46. The number of nitrogens with zero attached hydrogens (tertiary/aromatic N) is 5. The molecule has 8 nitrogen and oxygen atoms in total. The molecule has 0 N–H and O–H groups in total. The van der Waals surface area contributed by atoms with Crippen molar-refractivity contribution in [2.45, 2.75) is 20.8 Å². The molecule has 0 saturated carbocycles. The highest BCUT2D eigenvalue weighted by molar-refractivity contribution is 5.93. The van der Waals surface area contributed by atoms with E-state index in [9.17, 15) is 14.0 Å². The van der Waals surface area contributed by atoms with E-state index in [0.717, 1.165) is 0 Å². The van der Waals surface area contributed by atoms with Gasteiger partial charge in [0, 0.05) is 26.2 Å². The number of carbonyl (C=O) groups excluding carboxylic acids is 2. The van der Waals surface area contributed by atoms with Gasteiger partial charge in [0.15, 0.2) is 5.69 Å². The summed E-state index contributed by atoms with van der Waals surface area (Å²) in [4.78, 5) is 28.1. The van der Waals surface area contributed by atoms with E-state index in [1.807, 2.05) is 13.8 Å². The van der Waals surface area contributed by atoms with E-state index >= 15 is 0 Å². The summed E-state index contributed by atoms with van der Waals surface area (Å²) >= 11 is 0. The topological polar surface area (TPSA) is 80.6 Å². The number of piperazine rings is 1. The van der Waals surface area contributed by atoms with Crippen molar-refractivity contribution in [2.75, 3.05) is 32.8 Å². The maximum atomic E-state index is 13.1. The van der Waals surface area contributed by atoms with E-state index in [-0.39, 0.29) is 29.4 Å². The molecule has 2 aromatic rings. The van der Waals surface area contributed by atoms with E-state index in [0.29, 0.717) is 44.2 Å². The minimum Gasteiger partial charge on any atom is -0.449 e. The molecule has 28 heavy (non-hydrogen) atoms. The molecule has 0 atom stereocenters. The zero-order chi connectivity index (χ0) is 20.3. The molecule has 0 radical (unpaired) electrons. The highest BCUT2D eigenvalue weighted by Gasteiger charge is 2.28. The Bertz CT molecular complexity index is 842. The van der Waals surface area contributed by atoms with Crippen LogP contribution in [0.1, 0.15) is 30.0 Å². The second-order valence-corrected chi connectivity index (χ2v) is 7.16. The fraction of sp³-hybridized carbons (Fsp3) is 0.474. The molecular weight excluding hydrogens is 365 g/mol. The second-order valence-electron chi connectivity index (χ2n) is 7.16. The van der Waals surface area contributed by atoms with Crippen LogP contribution in [0.3, 0.4) is 0 Å². The molecule has 2 amide bonds. The molecule has 1 fully saturated rings. The minimum atomic E-state index is -0.348. The lowest BCUT2D eigenvalue weighted by Gasteiger charge is -2.33. The van der Waals surface area contributed by atoms with Gasteiger partial charge in [-0.15, -0.1) is 5.10 Å². The van der Waals surface area contributed by atoms with Crippen LogP contribution >= 0.6 is 0 Å². The molecule has 0 aliphatic carbocycles. The van der Waals surface area contributed by atoms with Crippen molar-refractivity contribution >= 4 is 12.0 Å². The summed E-state index contributed by atoms with van der Waals surface area (Å²) in [6.45, 7) is 7.70. The van der Waals surface area contributed by atoms with Gasteiger partial charge in [0.1, 0.15) is 5.82 Å². The number of ether oxygens (including phenoxy) is 1. The van der Waals surface area contributed by atoms with Crippen LogP contribution in [0.15, 0.2) is 24.3 Å². The summed E-state index contributed by atoms with van der Waals surface area (Å²) in [5, 5.41) is 8.04. The van der Waals surface area contributed by atoms with Crippen molar-refractivity contribution in [3.8, 4) is 5.69 Å². The van der Waals surface area contributed by atoms with Crippen LogP contribution in [0.25, 0.3) is 5.69 Å². The second kappa shape index (κ2) is 8.37. The van der Waals surface area contributed by atoms with Gasteiger partial charge >= 0.3 is 6.09 Å². The van der Waals surface area contributed by atoms with Gasteiger partial charge in [-0.05, 0) is 37.1 Å². The predicted molar refractivity (Wildman–Crippen MR) is 99.7 cm³/mol. The molecular formula is C19H24FN5O3. The van der Waals surface area contributed by atoms with E-state index < -0.39 is 0 Å². The number of amides is 2. The van der Waals surface area contributed by atoms with E-state index in [4.69, 9.17) is 4.74 Å². The lowest BCUT2D eigenvalue weighted by Crippen LogP contribution is -2.51. The number of hydrogen-bond acceptors (Lipinski definition) is 5. The number of hydrogen-bond donors (Lipinski definition) is 0. The summed E-state index contributed by atoms with van der Waals surface area (Å²) in [5.74, 6) is -0.304. The number of carbonyl (C=O) groups is 2. The normalized spacial score (nSPS) is 14.5. The molecule has 2 heterocycles. The fourth-order valence-corrected chi connectivity index (χ4v) is 2.93. The molecule has 0 unspecified atom stereocenters. The van der Waals surface area contributed by atoms with Crippen molar-refractivity contribution < 1.29 is 18.7 Å². The Labute approximate surface area is 162 Å². The van der Waals surface area contributed by atoms with E-state index in [2.05, 4.69) is 10.3 Å². The molecule has 1 saturated heterocycles. The average molecular weight is 389 g/mol. The Morgan fingerprint density at radius 3 is 2.32 bits per heavy atom. The molecule has 0 spiro atoms. The van der Waals surface area contributed by atoms with Crippen molar-refractivity contribution in [2.24, 2.45) is 5.92 Å². The monoisotopic (exact) mass is 389 g/mol. The average Bonchev–Trinajstić information content (AvgIpc) is 3.07. The number of rotatable bonds is 4. The van der Waals surface area contributed by atoms with Gasteiger partial charge in [-0.2, -0.15) is 0 Å². The molecule has 0 bridgehead atoms. The molecule has 1 aromatic heterocycles. The largest absolute Gasteiger partial charge is 0.449 e. The van der Waals surface area contributed by atoms with Gasteiger partial charge in [0.25, 0.3) is 5.91 Å². The SMILES string of the molecule is Cc1c(C(=O)N2CCN(C(=O)OCC(C)C)CC2)nnn1-c1ccc(F)cc1. The number of benzene rings is 1. The van der Waals surface area contributed by atoms with Crippen LogP contribution in [0.4, 0.5) is 9.18 Å². The first-order chi connectivity index (χ1) is 13.4. The van der Waals surface area contributed by atoms with Crippen LogP contribution in [-0.2, 0) is 4.74 Å². The third kappa shape index (κ3) is 4.29. The maximum Gasteiger partial charge on any atom is 0.409 e. The first-order valence-corrected chi connectivity index (χ1v) is 9.26. The first-order valence-electron chi connectivity index (χ1n) is 9.26. The molecule has 3 rings (SSSR count). The predicted octanol–water partition coefficient (Wildman–Crippen LogP) is 2.27. The Balaban J connectivity index is 1.63. The van der Waals surface area contributed by atoms with Gasteiger partial charge < -0.3 is 14.5 Å². The molecule has 9 heteroatoms. The minimum absolute atomic E-state index is 0.235. The lowest BCUT2D eigenvalue weighted by molar-refractivity contribution is 0.0531.